The van der Waals surface area contributed by atoms with Crippen molar-refractivity contribution in [1.82, 2.24) is 4.98 Å². The zero-order chi connectivity index (χ0) is 8.39. The Morgan fingerprint density at radius 3 is 3.17 bits per heavy atom. The highest BCUT2D eigenvalue weighted by Gasteiger charge is 2.20. The van der Waals surface area contributed by atoms with Crippen molar-refractivity contribution in [2.24, 2.45) is 0 Å². The summed E-state index contributed by atoms with van der Waals surface area (Å²) in [5.41, 5.74) is 0.900. The van der Waals surface area contributed by atoms with Crippen LogP contribution in [0.15, 0.2) is 10.7 Å². The van der Waals surface area contributed by atoms with Crippen LogP contribution in [0.3, 0.4) is 0 Å². The Morgan fingerprint density at radius 1 is 1.67 bits per heavy atom. The lowest BCUT2D eigenvalue weighted by Gasteiger charge is -1.99. The van der Waals surface area contributed by atoms with E-state index in [1.54, 1.807) is 6.26 Å². The molecule has 0 amide bonds. The minimum absolute atomic E-state index is 0.131. The van der Waals surface area contributed by atoms with Crippen LogP contribution in [0.25, 0.3) is 0 Å². The third kappa shape index (κ3) is 1.35. The smallest absolute Gasteiger partial charge is 0.219 e. The van der Waals surface area contributed by atoms with Gasteiger partial charge in [-0.1, -0.05) is 0 Å². The minimum atomic E-state index is -0.131. The molecule has 0 saturated carbocycles. The Bertz CT molecular complexity index is 253. The molecule has 1 aromatic rings. The van der Waals surface area contributed by atoms with Crippen molar-refractivity contribution in [1.29, 1.82) is 0 Å². The Labute approximate surface area is 70.2 Å². The SMILES string of the molecule is OCc1nc(C2CCOC2)co1. The van der Waals surface area contributed by atoms with Crippen molar-refractivity contribution in [2.45, 2.75) is 18.9 Å². The molecular weight excluding hydrogens is 158 g/mol. The molecule has 0 spiro atoms. The topological polar surface area (TPSA) is 55.5 Å². The van der Waals surface area contributed by atoms with E-state index in [0.29, 0.717) is 11.8 Å². The Morgan fingerprint density at radius 2 is 2.58 bits per heavy atom. The summed E-state index contributed by atoms with van der Waals surface area (Å²) in [5, 5.41) is 8.71. The maximum absolute atomic E-state index is 8.71. The quantitative estimate of drug-likeness (QED) is 0.707. The number of hydrogen-bond acceptors (Lipinski definition) is 4. The predicted octanol–water partition coefficient (Wildman–Crippen LogP) is 0.671. The van der Waals surface area contributed by atoms with Gasteiger partial charge in [-0.25, -0.2) is 4.98 Å². The molecule has 2 heterocycles. The molecule has 12 heavy (non-hydrogen) atoms. The summed E-state index contributed by atoms with van der Waals surface area (Å²) in [7, 11) is 0. The summed E-state index contributed by atoms with van der Waals surface area (Å²) in [6.45, 7) is 1.39. The summed E-state index contributed by atoms with van der Waals surface area (Å²) >= 11 is 0. The fraction of sp³-hybridized carbons (Fsp3) is 0.625. The first kappa shape index (κ1) is 7.76. The van der Waals surface area contributed by atoms with Gasteiger partial charge in [0.1, 0.15) is 12.9 Å². The van der Waals surface area contributed by atoms with Crippen LogP contribution in [0.4, 0.5) is 0 Å². The summed E-state index contributed by atoms with van der Waals surface area (Å²) in [6.07, 6.45) is 2.60. The Hall–Kier alpha value is -0.870. The van der Waals surface area contributed by atoms with E-state index < -0.39 is 0 Å². The van der Waals surface area contributed by atoms with Gasteiger partial charge in [0.25, 0.3) is 0 Å². The predicted molar refractivity (Wildman–Crippen MR) is 40.6 cm³/mol. The molecule has 0 aliphatic carbocycles. The second-order valence-electron chi connectivity index (χ2n) is 2.88. The highest BCUT2D eigenvalue weighted by molar-refractivity contribution is 5.05. The first-order valence-electron chi connectivity index (χ1n) is 4.03. The van der Waals surface area contributed by atoms with Gasteiger partial charge >= 0.3 is 0 Å². The maximum atomic E-state index is 8.71. The first-order valence-corrected chi connectivity index (χ1v) is 4.03. The van der Waals surface area contributed by atoms with Crippen LogP contribution >= 0.6 is 0 Å². The van der Waals surface area contributed by atoms with Crippen molar-refractivity contribution in [2.75, 3.05) is 13.2 Å². The van der Waals surface area contributed by atoms with Crippen molar-refractivity contribution in [3.05, 3.63) is 17.8 Å². The van der Waals surface area contributed by atoms with E-state index in [0.717, 1.165) is 25.3 Å². The minimum Gasteiger partial charge on any atom is -0.446 e. The monoisotopic (exact) mass is 169 g/mol. The van der Waals surface area contributed by atoms with Gasteiger partial charge in [-0.15, -0.1) is 0 Å². The molecule has 4 heteroatoms. The van der Waals surface area contributed by atoms with E-state index in [4.69, 9.17) is 14.3 Å². The van der Waals surface area contributed by atoms with Crippen LogP contribution in [0.2, 0.25) is 0 Å². The summed E-state index contributed by atoms with van der Waals surface area (Å²) in [5.74, 6) is 0.742. The van der Waals surface area contributed by atoms with E-state index >= 15 is 0 Å². The number of aliphatic hydroxyl groups is 1. The van der Waals surface area contributed by atoms with Crippen molar-refractivity contribution in [3.63, 3.8) is 0 Å². The second kappa shape index (κ2) is 3.25. The third-order valence-corrected chi connectivity index (χ3v) is 2.05. The highest BCUT2D eigenvalue weighted by atomic mass is 16.5. The molecule has 2 rings (SSSR count). The number of oxazole rings is 1. The largest absolute Gasteiger partial charge is 0.446 e. The van der Waals surface area contributed by atoms with E-state index in [2.05, 4.69) is 4.98 Å². The fourth-order valence-corrected chi connectivity index (χ4v) is 1.35. The van der Waals surface area contributed by atoms with Crippen molar-refractivity contribution < 1.29 is 14.3 Å². The van der Waals surface area contributed by atoms with Gasteiger partial charge in [0.2, 0.25) is 5.89 Å². The van der Waals surface area contributed by atoms with Crippen LogP contribution in [0, 0.1) is 0 Å². The summed E-state index contributed by atoms with van der Waals surface area (Å²) in [4.78, 5) is 4.11. The molecule has 0 aromatic carbocycles. The fourth-order valence-electron chi connectivity index (χ4n) is 1.35. The molecule has 1 atom stereocenters. The Balaban J connectivity index is 2.11. The van der Waals surface area contributed by atoms with Crippen molar-refractivity contribution >= 4 is 0 Å². The van der Waals surface area contributed by atoms with Crippen LogP contribution in [-0.2, 0) is 11.3 Å². The van der Waals surface area contributed by atoms with Crippen LogP contribution in [0.1, 0.15) is 23.9 Å². The van der Waals surface area contributed by atoms with Crippen molar-refractivity contribution in [3.8, 4) is 0 Å². The molecule has 1 N–H and O–H groups in total. The van der Waals surface area contributed by atoms with Gasteiger partial charge in [-0.3, -0.25) is 0 Å². The molecular formula is C8H11NO3. The second-order valence-corrected chi connectivity index (χ2v) is 2.88. The summed E-state index contributed by atoms with van der Waals surface area (Å²) in [6, 6.07) is 0. The lowest BCUT2D eigenvalue weighted by atomic mass is 10.1. The lowest BCUT2D eigenvalue weighted by Crippen LogP contribution is -1.97. The van der Waals surface area contributed by atoms with E-state index in [9.17, 15) is 0 Å². The molecule has 1 aliphatic heterocycles. The number of ether oxygens (including phenoxy) is 1. The number of aliphatic hydroxyl groups excluding tert-OH is 1. The molecule has 0 bridgehead atoms. The number of hydrogen-bond donors (Lipinski definition) is 1. The molecule has 1 aromatic heterocycles. The summed E-state index contributed by atoms with van der Waals surface area (Å²) < 4.78 is 10.2. The molecule has 1 fully saturated rings. The Kier molecular flexibility index (Phi) is 2.10. The molecule has 0 radical (unpaired) electrons. The average Bonchev–Trinajstić information content (AvgIpc) is 2.75. The number of aromatic nitrogens is 1. The molecule has 1 unspecified atom stereocenters. The zero-order valence-electron chi connectivity index (χ0n) is 6.69. The van der Waals surface area contributed by atoms with Crippen LogP contribution in [-0.4, -0.2) is 23.3 Å². The molecule has 1 aliphatic rings. The van der Waals surface area contributed by atoms with E-state index in [1.165, 1.54) is 0 Å². The van der Waals surface area contributed by atoms with Gasteiger partial charge in [0.15, 0.2) is 0 Å². The van der Waals surface area contributed by atoms with Gasteiger partial charge in [0, 0.05) is 12.5 Å². The van der Waals surface area contributed by atoms with Gasteiger partial charge in [-0.05, 0) is 6.42 Å². The molecule has 4 nitrogen and oxygen atoms in total. The van der Waals surface area contributed by atoms with Crippen LogP contribution < -0.4 is 0 Å². The van der Waals surface area contributed by atoms with Crippen LogP contribution in [0.5, 0.6) is 0 Å². The van der Waals surface area contributed by atoms with Gasteiger partial charge < -0.3 is 14.3 Å². The molecule has 1 saturated heterocycles. The van der Waals surface area contributed by atoms with E-state index in [1.807, 2.05) is 0 Å². The van der Waals surface area contributed by atoms with Gasteiger partial charge in [-0.2, -0.15) is 0 Å². The number of rotatable bonds is 2. The van der Waals surface area contributed by atoms with E-state index in [-0.39, 0.29) is 6.61 Å². The lowest BCUT2D eigenvalue weighted by molar-refractivity contribution is 0.193. The average molecular weight is 169 g/mol. The highest BCUT2D eigenvalue weighted by Crippen LogP contribution is 2.24. The zero-order valence-corrected chi connectivity index (χ0v) is 6.69. The normalized spacial score (nSPS) is 23.2. The third-order valence-electron chi connectivity index (χ3n) is 2.05. The first-order chi connectivity index (χ1) is 5.90. The standard InChI is InChI=1S/C8H11NO3/c10-3-8-9-7(5-12-8)6-1-2-11-4-6/h5-6,10H,1-4H2. The van der Waals surface area contributed by atoms with Gasteiger partial charge in [0.05, 0.1) is 12.3 Å². The number of nitrogens with zero attached hydrogens (tertiary/aromatic N) is 1. The maximum Gasteiger partial charge on any atom is 0.219 e. The molecule has 66 valence electrons.